The van der Waals surface area contributed by atoms with E-state index in [1.54, 1.807) is 0 Å². The van der Waals surface area contributed by atoms with Gasteiger partial charge < -0.3 is 0 Å². The molecule has 1 aromatic rings. The molecule has 1 aliphatic carbocycles. The van der Waals surface area contributed by atoms with Gasteiger partial charge in [-0.05, 0) is 24.8 Å². The van der Waals surface area contributed by atoms with Crippen molar-refractivity contribution in [1.29, 1.82) is 0 Å². The van der Waals surface area contributed by atoms with E-state index in [4.69, 9.17) is 0 Å². The summed E-state index contributed by atoms with van der Waals surface area (Å²) >= 11 is 6.13. The maximum Gasteiger partial charge on any atom is 0.0150 e. The Kier molecular flexibility index (Phi) is 1.75. The van der Waals surface area contributed by atoms with Crippen LogP contribution in [0.2, 0.25) is 0 Å². The fourth-order valence-corrected chi connectivity index (χ4v) is 2.58. The summed E-state index contributed by atoms with van der Waals surface area (Å²) in [6.07, 6.45) is 4.21. The minimum Gasteiger partial charge on any atom is -0.147 e. The Hall–Kier alpha value is 0.0500. The van der Waals surface area contributed by atoms with Gasteiger partial charge in [0.1, 0.15) is 0 Å². The van der Waals surface area contributed by atoms with Gasteiger partial charge in [0.25, 0.3) is 0 Å². The quantitative estimate of drug-likeness (QED) is 0.614. The van der Waals surface area contributed by atoms with E-state index in [0.717, 1.165) is 10.8 Å². The molecule has 0 nitrogen and oxygen atoms in total. The molecule has 0 saturated heterocycles. The van der Waals surface area contributed by atoms with Crippen molar-refractivity contribution in [2.75, 3.05) is 0 Å². The van der Waals surface area contributed by atoms with Gasteiger partial charge >= 0.3 is 0 Å². The van der Waals surface area contributed by atoms with E-state index in [0.29, 0.717) is 0 Å². The lowest BCUT2D eigenvalue weighted by Gasteiger charge is -2.23. The fraction of sp³-hybridized carbons (Fsp3) is 0.500. The van der Waals surface area contributed by atoms with E-state index >= 15 is 0 Å². The standard InChI is InChI=1S/C8H10S2/c9-7-4-8(10-5-7)6-2-1-3-6/h4-6,9H,1-3H2. The second-order valence-electron chi connectivity index (χ2n) is 2.84. The van der Waals surface area contributed by atoms with E-state index in [-0.39, 0.29) is 0 Å². The molecular formula is C8H10S2. The Balaban J connectivity index is 2.17. The van der Waals surface area contributed by atoms with Crippen LogP contribution < -0.4 is 0 Å². The summed E-state index contributed by atoms with van der Waals surface area (Å²) in [6.45, 7) is 0. The highest BCUT2D eigenvalue weighted by atomic mass is 32.1. The Morgan fingerprint density at radius 2 is 2.30 bits per heavy atom. The number of thiophene rings is 1. The monoisotopic (exact) mass is 170 g/mol. The highest BCUT2D eigenvalue weighted by molar-refractivity contribution is 7.80. The lowest BCUT2D eigenvalue weighted by Crippen LogP contribution is -2.06. The van der Waals surface area contributed by atoms with E-state index in [9.17, 15) is 0 Å². The third kappa shape index (κ3) is 1.10. The van der Waals surface area contributed by atoms with Gasteiger partial charge in [0.2, 0.25) is 0 Å². The van der Waals surface area contributed by atoms with Crippen LogP contribution >= 0.6 is 24.0 Å². The zero-order valence-electron chi connectivity index (χ0n) is 5.71. The molecule has 10 heavy (non-hydrogen) atoms. The van der Waals surface area contributed by atoms with Gasteiger partial charge in [-0.2, -0.15) is 0 Å². The Bertz CT molecular complexity index is 223. The molecule has 2 rings (SSSR count). The van der Waals surface area contributed by atoms with Gasteiger partial charge in [-0.25, -0.2) is 0 Å². The van der Waals surface area contributed by atoms with Crippen molar-refractivity contribution >= 4 is 24.0 Å². The molecule has 54 valence electrons. The highest BCUT2D eigenvalue weighted by Gasteiger charge is 2.20. The number of hydrogen-bond donors (Lipinski definition) is 1. The predicted molar refractivity (Wildman–Crippen MR) is 48.2 cm³/mol. The van der Waals surface area contributed by atoms with Crippen LogP contribution in [-0.2, 0) is 0 Å². The molecule has 0 N–H and O–H groups in total. The van der Waals surface area contributed by atoms with Crippen LogP contribution in [0.1, 0.15) is 30.1 Å². The molecule has 1 aromatic heterocycles. The Morgan fingerprint density at radius 3 is 2.70 bits per heavy atom. The number of rotatable bonds is 1. The van der Waals surface area contributed by atoms with Crippen LogP contribution in [0.25, 0.3) is 0 Å². The lowest BCUT2D eigenvalue weighted by atomic mass is 9.84. The van der Waals surface area contributed by atoms with Crippen LogP contribution in [-0.4, -0.2) is 0 Å². The first-order chi connectivity index (χ1) is 4.86. The third-order valence-electron chi connectivity index (χ3n) is 2.11. The molecule has 0 radical (unpaired) electrons. The van der Waals surface area contributed by atoms with Crippen molar-refractivity contribution in [3.63, 3.8) is 0 Å². The fourth-order valence-electron chi connectivity index (χ4n) is 1.25. The van der Waals surface area contributed by atoms with E-state index in [1.807, 2.05) is 11.3 Å². The molecule has 0 aromatic carbocycles. The maximum absolute atomic E-state index is 4.27. The first-order valence-corrected chi connectivity index (χ1v) is 4.96. The van der Waals surface area contributed by atoms with Gasteiger partial charge in [-0.15, -0.1) is 24.0 Å². The summed E-state index contributed by atoms with van der Waals surface area (Å²) in [5.74, 6) is 0.880. The van der Waals surface area contributed by atoms with E-state index < -0.39 is 0 Å². The molecular weight excluding hydrogens is 160 g/mol. The van der Waals surface area contributed by atoms with Crippen LogP contribution in [0.4, 0.5) is 0 Å². The molecule has 0 bridgehead atoms. The average Bonchev–Trinajstić information content (AvgIpc) is 2.10. The molecule has 2 heteroatoms. The second-order valence-corrected chi connectivity index (χ2v) is 4.29. The Morgan fingerprint density at radius 1 is 1.50 bits per heavy atom. The first-order valence-electron chi connectivity index (χ1n) is 3.63. The molecule has 1 heterocycles. The minimum atomic E-state index is 0.880. The van der Waals surface area contributed by atoms with Crippen LogP contribution in [0.15, 0.2) is 16.3 Å². The summed E-state index contributed by atoms with van der Waals surface area (Å²) in [6, 6.07) is 2.21. The first kappa shape index (κ1) is 6.74. The Labute approximate surface area is 70.7 Å². The van der Waals surface area contributed by atoms with E-state index in [1.165, 1.54) is 24.1 Å². The predicted octanol–water partition coefficient (Wildman–Crippen LogP) is 3.30. The molecule has 0 spiro atoms. The SMILES string of the molecule is Sc1csc(C2CCC2)c1. The normalized spacial score (nSPS) is 18.9. The minimum absolute atomic E-state index is 0.880. The second kappa shape index (κ2) is 2.59. The summed E-state index contributed by atoms with van der Waals surface area (Å²) in [5.41, 5.74) is 0. The van der Waals surface area contributed by atoms with Crippen LogP contribution in [0, 0.1) is 0 Å². The van der Waals surface area contributed by atoms with Gasteiger partial charge in [-0.1, -0.05) is 6.42 Å². The van der Waals surface area contributed by atoms with Gasteiger partial charge in [0, 0.05) is 15.2 Å². The van der Waals surface area contributed by atoms with Crippen molar-refractivity contribution in [2.45, 2.75) is 30.1 Å². The zero-order chi connectivity index (χ0) is 6.97. The van der Waals surface area contributed by atoms with Gasteiger partial charge in [0.15, 0.2) is 0 Å². The summed E-state index contributed by atoms with van der Waals surface area (Å²) in [7, 11) is 0. The molecule has 0 aliphatic heterocycles. The van der Waals surface area contributed by atoms with Gasteiger partial charge in [0.05, 0.1) is 0 Å². The topological polar surface area (TPSA) is 0 Å². The number of hydrogen-bond acceptors (Lipinski definition) is 2. The number of thiol groups is 1. The molecule has 1 saturated carbocycles. The average molecular weight is 170 g/mol. The van der Waals surface area contributed by atoms with Crippen LogP contribution in [0.5, 0.6) is 0 Å². The largest absolute Gasteiger partial charge is 0.147 e. The van der Waals surface area contributed by atoms with E-state index in [2.05, 4.69) is 24.1 Å². The van der Waals surface area contributed by atoms with Crippen molar-refractivity contribution in [2.24, 2.45) is 0 Å². The molecule has 1 fully saturated rings. The smallest absolute Gasteiger partial charge is 0.0150 e. The van der Waals surface area contributed by atoms with Gasteiger partial charge in [-0.3, -0.25) is 0 Å². The summed E-state index contributed by atoms with van der Waals surface area (Å²) < 4.78 is 0. The highest BCUT2D eigenvalue weighted by Crippen LogP contribution is 2.39. The van der Waals surface area contributed by atoms with Crippen molar-refractivity contribution in [3.8, 4) is 0 Å². The maximum atomic E-state index is 4.27. The van der Waals surface area contributed by atoms with Crippen molar-refractivity contribution in [3.05, 3.63) is 16.3 Å². The van der Waals surface area contributed by atoms with Crippen molar-refractivity contribution in [1.82, 2.24) is 0 Å². The molecule has 0 amide bonds. The molecule has 0 unspecified atom stereocenters. The molecule has 1 aliphatic rings. The third-order valence-corrected chi connectivity index (χ3v) is 3.64. The lowest BCUT2D eigenvalue weighted by molar-refractivity contribution is 0.425. The van der Waals surface area contributed by atoms with Crippen LogP contribution in [0.3, 0.4) is 0 Å². The molecule has 0 atom stereocenters. The summed E-state index contributed by atoms with van der Waals surface area (Å²) in [4.78, 5) is 2.67. The van der Waals surface area contributed by atoms with Crippen molar-refractivity contribution < 1.29 is 0 Å². The summed E-state index contributed by atoms with van der Waals surface area (Å²) in [5, 5.41) is 2.12. The zero-order valence-corrected chi connectivity index (χ0v) is 7.42.